The molecule has 0 N–H and O–H groups in total. The van der Waals surface area contributed by atoms with Crippen molar-refractivity contribution in [1.29, 1.82) is 0 Å². The first-order valence-corrected chi connectivity index (χ1v) is 6.93. The van der Waals surface area contributed by atoms with Gasteiger partial charge in [-0.1, -0.05) is 11.6 Å². The van der Waals surface area contributed by atoms with Gasteiger partial charge in [-0.3, -0.25) is 9.69 Å². The third kappa shape index (κ3) is 3.52. The van der Waals surface area contributed by atoms with Crippen molar-refractivity contribution < 1.29 is 9.53 Å². The molecule has 0 amide bonds. The molecule has 1 aromatic rings. The maximum absolute atomic E-state index is 12.0. The highest BCUT2D eigenvalue weighted by Gasteiger charge is 2.21. The predicted octanol–water partition coefficient (Wildman–Crippen LogP) is 2.70. The number of nitrogens with zero attached hydrogens (tertiary/aromatic N) is 1. The summed E-state index contributed by atoms with van der Waals surface area (Å²) in [6.45, 7) is 2.06. The molecule has 0 atom stereocenters. The number of hydrogen-bond donors (Lipinski definition) is 0. The molecule has 3 nitrogen and oxygen atoms in total. The summed E-state index contributed by atoms with van der Waals surface area (Å²) in [5, 5.41) is 0. The molecule has 5 heteroatoms. The summed E-state index contributed by atoms with van der Waals surface area (Å²) in [5.74, 6) is 0.149. The van der Waals surface area contributed by atoms with Gasteiger partial charge in [0.05, 0.1) is 15.8 Å². The standard InChI is InChI=1S/C12H16ClNO2S/c1-14(9-4-6-16-7-5-9)8-10(15)11-2-3-12(13)17-11/h2-3,9H,4-8H2,1H3. The molecule has 1 fully saturated rings. The fourth-order valence-electron chi connectivity index (χ4n) is 2.02. The van der Waals surface area contributed by atoms with Crippen molar-refractivity contribution in [3.63, 3.8) is 0 Å². The first-order valence-electron chi connectivity index (χ1n) is 5.73. The van der Waals surface area contributed by atoms with Crippen molar-refractivity contribution in [2.24, 2.45) is 0 Å². The number of carbonyl (C=O) groups is 1. The number of likely N-dealkylation sites (N-methyl/N-ethyl adjacent to an activating group) is 1. The molecule has 0 aromatic carbocycles. The second kappa shape index (κ2) is 5.96. The quantitative estimate of drug-likeness (QED) is 0.790. The Morgan fingerprint density at radius 2 is 2.24 bits per heavy atom. The minimum Gasteiger partial charge on any atom is -0.381 e. The smallest absolute Gasteiger partial charge is 0.186 e. The van der Waals surface area contributed by atoms with Crippen LogP contribution in [0.1, 0.15) is 22.5 Å². The Morgan fingerprint density at radius 1 is 1.53 bits per heavy atom. The molecule has 2 heterocycles. The van der Waals surface area contributed by atoms with E-state index >= 15 is 0 Å². The molecule has 1 saturated heterocycles. The van der Waals surface area contributed by atoms with E-state index < -0.39 is 0 Å². The van der Waals surface area contributed by atoms with E-state index in [1.165, 1.54) is 11.3 Å². The van der Waals surface area contributed by atoms with Gasteiger partial charge in [-0.15, -0.1) is 11.3 Å². The molecular formula is C12H16ClNO2S. The Bertz CT molecular complexity index is 388. The highest BCUT2D eigenvalue weighted by atomic mass is 35.5. The Morgan fingerprint density at radius 3 is 2.82 bits per heavy atom. The molecule has 0 unspecified atom stereocenters. The Hall–Kier alpha value is -0.420. The lowest BCUT2D eigenvalue weighted by Crippen LogP contribution is -2.39. The van der Waals surface area contributed by atoms with Gasteiger partial charge in [-0.2, -0.15) is 0 Å². The van der Waals surface area contributed by atoms with Crippen LogP contribution in [0.15, 0.2) is 12.1 Å². The topological polar surface area (TPSA) is 29.5 Å². The zero-order valence-electron chi connectivity index (χ0n) is 9.82. The molecule has 0 bridgehead atoms. The molecule has 17 heavy (non-hydrogen) atoms. The van der Waals surface area contributed by atoms with Gasteiger partial charge in [-0.05, 0) is 32.0 Å². The van der Waals surface area contributed by atoms with Crippen LogP contribution >= 0.6 is 22.9 Å². The van der Waals surface area contributed by atoms with Crippen molar-refractivity contribution in [2.75, 3.05) is 26.8 Å². The van der Waals surface area contributed by atoms with E-state index in [-0.39, 0.29) is 5.78 Å². The molecule has 1 aliphatic rings. The van der Waals surface area contributed by atoms with Crippen LogP contribution in [0, 0.1) is 0 Å². The highest BCUT2D eigenvalue weighted by Crippen LogP contribution is 2.22. The minimum atomic E-state index is 0.149. The van der Waals surface area contributed by atoms with Crippen molar-refractivity contribution in [2.45, 2.75) is 18.9 Å². The van der Waals surface area contributed by atoms with E-state index in [0.717, 1.165) is 30.9 Å². The summed E-state index contributed by atoms with van der Waals surface area (Å²) >= 11 is 7.17. The SMILES string of the molecule is CN(CC(=O)c1ccc(Cl)s1)C1CCOCC1. The zero-order chi connectivity index (χ0) is 12.3. The van der Waals surface area contributed by atoms with Gasteiger partial charge in [0.2, 0.25) is 0 Å². The second-order valence-electron chi connectivity index (χ2n) is 4.29. The molecular weight excluding hydrogens is 258 g/mol. The molecule has 0 saturated carbocycles. The van der Waals surface area contributed by atoms with Crippen molar-refractivity contribution >= 4 is 28.7 Å². The van der Waals surface area contributed by atoms with E-state index in [0.29, 0.717) is 16.9 Å². The first kappa shape index (κ1) is 13.0. The van der Waals surface area contributed by atoms with Gasteiger partial charge in [0, 0.05) is 19.3 Å². The van der Waals surface area contributed by atoms with Crippen LogP contribution in [0.4, 0.5) is 0 Å². The fourth-order valence-corrected chi connectivity index (χ4v) is 3.00. The molecule has 0 spiro atoms. The lowest BCUT2D eigenvalue weighted by atomic mass is 10.1. The molecule has 1 aliphatic heterocycles. The summed E-state index contributed by atoms with van der Waals surface area (Å²) < 4.78 is 5.98. The molecule has 0 aliphatic carbocycles. The Labute approximate surface area is 110 Å². The Kier molecular flexibility index (Phi) is 4.56. The lowest BCUT2D eigenvalue weighted by molar-refractivity contribution is 0.0419. The number of carbonyl (C=O) groups excluding carboxylic acids is 1. The van der Waals surface area contributed by atoms with E-state index in [4.69, 9.17) is 16.3 Å². The van der Waals surface area contributed by atoms with E-state index in [1.54, 1.807) is 12.1 Å². The van der Waals surface area contributed by atoms with Gasteiger partial charge in [0.25, 0.3) is 0 Å². The van der Waals surface area contributed by atoms with Crippen LogP contribution in [-0.2, 0) is 4.74 Å². The number of halogens is 1. The van der Waals surface area contributed by atoms with E-state index in [9.17, 15) is 4.79 Å². The van der Waals surface area contributed by atoms with Crippen molar-refractivity contribution in [3.05, 3.63) is 21.3 Å². The van der Waals surface area contributed by atoms with Gasteiger partial charge < -0.3 is 4.74 Å². The normalized spacial score (nSPS) is 17.6. The first-order chi connectivity index (χ1) is 8.16. The predicted molar refractivity (Wildman–Crippen MR) is 70.1 cm³/mol. The molecule has 1 aromatic heterocycles. The van der Waals surface area contributed by atoms with Gasteiger partial charge >= 0.3 is 0 Å². The van der Waals surface area contributed by atoms with Crippen LogP contribution < -0.4 is 0 Å². The van der Waals surface area contributed by atoms with E-state index in [2.05, 4.69) is 4.90 Å². The zero-order valence-corrected chi connectivity index (χ0v) is 11.4. The summed E-state index contributed by atoms with van der Waals surface area (Å²) in [5.41, 5.74) is 0. The number of ether oxygens (including phenoxy) is 1. The second-order valence-corrected chi connectivity index (χ2v) is 6.00. The monoisotopic (exact) mass is 273 g/mol. The number of ketones is 1. The fraction of sp³-hybridized carbons (Fsp3) is 0.583. The molecule has 0 radical (unpaired) electrons. The summed E-state index contributed by atoms with van der Waals surface area (Å²) in [6, 6.07) is 4.03. The molecule has 94 valence electrons. The van der Waals surface area contributed by atoms with Gasteiger partial charge in [0.1, 0.15) is 0 Å². The van der Waals surface area contributed by atoms with Crippen LogP contribution in [-0.4, -0.2) is 43.5 Å². The third-order valence-corrected chi connectivity index (χ3v) is 4.33. The maximum atomic E-state index is 12.0. The van der Waals surface area contributed by atoms with Crippen molar-refractivity contribution in [1.82, 2.24) is 4.90 Å². The van der Waals surface area contributed by atoms with Crippen LogP contribution in [0.5, 0.6) is 0 Å². The lowest BCUT2D eigenvalue weighted by Gasteiger charge is -2.30. The average Bonchev–Trinajstić information content (AvgIpc) is 2.77. The van der Waals surface area contributed by atoms with Crippen LogP contribution in [0.2, 0.25) is 4.34 Å². The van der Waals surface area contributed by atoms with Crippen LogP contribution in [0.3, 0.4) is 0 Å². The number of Topliss-reactive ketones (excluding diaryl/α,β-unsaturated/α-hetero) is 1. The third-order valence-electron chi connectivity index (χ3n) is 3.06. The highest BCUT2D eigenvalue weighted by molar-refractivity contribution is 7.18. The Balaban J connectivity index is 1.89. The average molecular weight is 274 g/mol. The maximum Gasteiger partial charge on any atom is 0.186 e. The number of thiophene rings is 1. The number of hydrogen-bond acceptors (Lipinski definition) is 4. The van der Waals surface area contributed by atoms with Crippen LogP contribution in [0.25, 0.3) is 0 Å². The molecule has 2 rings (SSSR count). The minimum absolute atomic E-state index is 0.149. The van der Waals surface area contributed by atoms with Crippen molar-refractivity contribution in [3.8, 4) is 0 Å². The van der Waals surface area contributed by atoms with E-state index in [1.807, 2.05) is 7.05 Å². The summed E-state index contributed by atoms with van der Waals surface area (Å²) in [7, 11) is 2.00. The summed E-state index contributed by atoms with van der Waals surface area (Å²) in [4.78, 5) is 14.9. The van der Waals surface area contributed by atoms with Gasteiger partial charge in [0.15, 0.2) is 5.78 Å². The largest absolute Gasteiger partial charge is 0.381 e. The van der Waals surface area contributed by atoms with Gasteiger partial charge in [-0.25, -0.2) is 0 Å². The summed E-state index contributed by atoms with van der Waals surface area (Å²) in [6.07, 6.45) is 2.02. The number of rotatable bonds is 4.